The van der Waals surface area contributed by atoms with E-state index in [4.69, 9.17) is 16.0 Å². The standard InChI is InChI=1S/C25H23ClN4O3/c26-21-12-18(17-4-6-22-19(11-17)8-10-33-22)3-5-20(21)23-27-28-25(32)30(23)14-15-7-9-29(13-15)24(31)16-1-2-16/h3-6,8,10-12,15-16H,1-2,7,9,13-14H2,(H,28,32). The molecule has 0 bridgehead atoms. The molecular formula is C25H23ClN4O3. The molecule has 3 heterocycles. The summed E-state index contributed by atoms with van der Waals surface area (Å²) < 4.78 is 7.07. The monoisotopic (exact) mass is 462 g/mol. The van der Waals surface area contributed by atoms with Gasteiger partial charge in [-0.3, -0.25) is 9.36 Å². The number of hydrogen-bond acceptors (Lipinski definition) is 4. The van der Waals surface area contributed by atoms with Gasteiger partial charge < -0.3 is 9.32 Å². The number of benzene rings is 2. The number of aromatic amines is 1. The molecule has 2 aromatic heterocycles. The number of hydrogen-bond donors (Lipinski definition) is 1. The quantitative estimate of drug-likeness (QED) is 0.471. The summed E-state index contributed by atoms with van der Waals surface area (Å²) in [7, 11) is 0. The lowest BCUT2D eigenvalue weighted by Gasteiger charge is -2.17. The average molecular weight is 463 g/mol. The summed E-state index contributed by atoms with van der Waals surface area (Å²) in [5.41, 5.74) is 3.28. The van der Waals surface area contributed by atoms with Gasteiger partial charge >= 0.3 is 5.69 Å². The zero-order valence-electron chi connectivity index (χ0n) is 18.0. The van der Waals surface area contributed by atoms with Gasteiger partial charge in [-0.05, 0) is 66.6 Å². The summed E-state index contributed by atoms with van der Waals surface area (Å²) in [6.45, 7) is 1.96. The number of likely N-dealkylation sites (tertiary alicyclic amines) is 1. The Kier molecular flexibility index (Phi) is 4.87. The largest absolute Gasteiger partial charge is 0.464 e. The van der Waals surface area contributed by atoms with Gasteiger partial charge in [0.15, 0.2) is 5.82 Å². The van der Waals surface area contributed by atoms with Crippen LogP contribution < -0.4 is 5.69 Å². The number of furan rings is 1. The van der Waals surface area contributed by atoms with Gasteiger partial charge in [-0.25, -0.2) is 9.89 Å². The molecule has 2 aliphatic rings. The average Bonchev–Trinajstić information content (AvgIpc) is 3.21. The van der Waals surface area contributed by atoms with Crippen LogP contribution in [0.2, 0.25) is 5.02 Å². The highest BCUT2D eigenvalue weighted by atomic mass is 35.5. The number of fused-ring (bicyclic) bond motifs is 1. The van der Waals surface area contributed by atoms with Crippen molar-refractivity contribution < 1.29 is 9.21 Å². The second kappa shape index (κ2) is 7.92. The number of nitrogens with zero attached hydrogens (tertiary/aromatic N) is 3. The SMILES string of the molecule is O=C(C1CC1)N1CCC(Cn2c(-c3ccc(-c4ccc5occc5c4)cc3Cl)n[nH]c2=O)C1. The fraction of sp³-hybridized carbons (Fsp3) is 0.320. The number of aromatic nitrogens is 3. The second-order valence-corrected chi connectivity index (χ2v) is 9.45. The molecular weight excluding hydrogens is 440 g/mol. The Hall–Kier alpha value is -3.32. The number of carbonyl (C=O) groups excluding carboxylic acids is 1. The molecule has 1 aliphatic carbocycles. The minimum absolute atomic E-state index is 0.224. The van der Waals surface area contributed by atoms with Crippen LogP contribution >= 0.6 is 11.6 Å². The van der Waals surface area contributed by atoms with Crippen LogP contribution in [0.5, 0.6) is 0 Å². The summed E-state index contributed by atoms with van der Waals surface area (Å²) in [4.78, 5) is 26.9. The first kappa shape index (κ1) is 20.3. The molecule has 7 nitrogen and oxygen atoms in total. The highest BCUT2D eigenvalue weighted by molar-refractivity contribution is 6.33. The molecule has 1 atom stereocenters. The van der Waals surface area contributed by atoms with Crippen LogP contribution in [0.25, 0.3) is 33.5 Å². The maximum absolute atomic E-state index is 12.5. The molecule has 1 unspecified atom stereocenters. The molecule has 1 amide bonds. The van der Waals surface area contributed by atoms with Crippen LogP contribution in [-0.2, 0) is 11.3 Å². The maximum atomic E-state index is 12.5. The second-order valence-electron chi connectivity index (χ2n) is 9.04. The van der Waals surface area contributed by atoms with Crippen molar-refractivity contribution in [1.29, 1.82) is 0 Å². The summed E-state index contributed by atoms with van der Waals surface area (Å²) in [6.07, 6.45) is 4.58. The molecule has 0 radical (unpaired) electrons. The smallest absolute Gasteiger partial charge is 0.343 e. The van der Waals surface area contributed by atoms with Gasteiger partial charge in [-0.1, -0.05) is 23.7 Å². The highest BCUT2D eigenvalue weighted by Gasteiger charge is 2.36. The van der Waals surface area contributed by atoms with E-state index in [2.05, 4.69) is 16.3 Å². The van der Waals surface area contributed by atoms with E-state index >= 15 is 0 Å². The van der Waals surface area contributed by atoms with Crippen LogP contribution in [0.4, 0.5) is 0 Å². The van der Waals surface area contributed by atoms with Crippen molar-refractivity contribution in [3.63, 3.8) is 0 Å². The van der Waals surface area contributed by atoms with Crippen molar-refractivity contribution in [2.24, 2.45) is 11.8 Å². The number of amides is 1. The molecule has 1 aliphatic heterocycles. The molecule has 8 heteroatoms. The Bertz CT molecular complexity index is 1410. The first-order chi connectivity index (χ1) is 16.1. The van der Waals surface area contributed by atoms with Crippen molar-refractivity contribution in [2.75, 3.05) is 13.1 Å². The minimum Gasteiger partial charge on any atom is -0.464 e. The third kappa shape index (κ3) is 3.76. The van der Waals surface area contributed by atoms with Gasteiger partial charge in [-0.2, -0.15) is 5.10 Å². The third-order valence-electron chi connectivity index (χ3n) is 6.72. The van der Waals surface area contributed by atoms with E-state index in [-0.39, 0.29) is 23.4 Å². The third-order valence-corrected chi connectivity index (χ3v) is 7.03. The first-order valence-corrected chi connectivity index (χ1v) is 11.7. The van der Waals surface area contributed by atoms with Gasteiger partial charge in [0.2, 0.25) is 5.91 Å². The predicted octanol–water partition coefficient (Wildman–Crippen LogP) is 4.56. The lowest BCUT2D eigenvalue weighted by atomic mass is 10.0. The zero-order valence-corrected chi connectivity index (χ0v) is 18.7. The molecule has 2 fully saturated rings. The maximum Gasteiger partial charge on any atom is 0.343 e. The number of carbonyl (C=O) groups is 1. The molecule has 2 aromatic carbocycles. The molecule has 6 rings (SSSR count). The predicted molar refractivity (Wildman–Crippen MR) is 126 cm³/mol. The normalized spacial score (nSPS) is 18.3. The Balaban J connectivity index is 1.25. The number of halogens is 1. The van der Waals surface area contributed by atoms with Crippen molar-refractivity contribution in [3.8, 4) is 22.5 Å². The lowest BCUT2D eigenvalue weighted by Crippen LogP contribution is -2.31. The van der Waals surface area contributed by atoms with Crippen molar-refractivity contribution in [2.45, 2.75) is 25.8 Å². The molecule has 1 saturated heterocycles. The van der Waals surface area contributed by atoms with Crippen LogP contribution in [-0.4, -0.2) is 38.7 Å². The summed E-state index contributed by atoms with van der Waals surface area (Å²) >= 11 is 6.67. The zero-order chi connectivity index (χ0) is 22.5. The molecule has 1 saturated carbocycles. The molecule has 0 spiro atoms. The van der Waals surface area contributed by atoms with E-state index in [0.29, 0.717) is 29.5 Å². The van der Waals surface area contributed by atoms with Crippen LogP contribution in [0.1, 0.15) is 19.3 Å². The Morgan fingerprint density at radius 3 is 2.76 bits per heavy atom. The van der Waals surface area contributed by atoms with Gasteiger partial charge in [0, 0.05) is 36.5 Å². The van der Waals surface area contributed by atoms with Crippen LogP contribution in [0.15, 0.2) is 57.9 Å². The highest BCUT2D eigenvalue weighted by Crippen LogP contribution is 2.34. The fourth-order valence-corrected chi connectivity index (χ4v) is 5.01. The molecule has 1 N–H and O–H groups in total. The van der Waals surface area contributed by atoms with Crippen LogP contribution in [0, 0.1) is 11.8 Å². The van der Waals surface area contributed by atoms with E-state index < -0.39 is 0 Å². The van der Waals surface area contributed by atoms with Gasteiger partial charge in [-0.15, -0.1) is 0 Å². The summed E-state index contributed by atoms with van der Waals surface area (Å²) in [6, 6.07) is 13.7. The number of rotatable bonds is 5. The molecule has 33 heavy (non-hydrogen) atoms. The van der Waals surface area contributed by atoms with Crippen molar-refractivity contribution in [3.05, 3.63) is 64.2 Å². The molecule has 4 aromatic rings. The number of nitrogens with one attached hydrogen (secondary N) is 1. The first-order valence-electron chi connectivity index (χ1n) is 11.3. The fourth-order valence-electron chi connectivity index (χ4n) is 4.74. The minimum atomic E-state index is -0.262. The summed E-state index contributed by atoms with van der Waals surface area (Å²) in [5.74, 6) is 1.24. The number of H-pyrrole nitrogens is 1. The van der Waals surface area contributed by atoms with E-state index in [1.807, 2.05) is 41.3 Å². The van der Waals surface area contributed by atoms with E-state index in [1.54, 1.807) is 10.8 Å². The topological polar surface area (TPSA) is 84.1 Å². The van der Waals surface area contributed by atoms with Crippen molar-refractivity contribution in [1.82, 2.24) is 19.7 Å². The Labute approximate surface area is 195 Å². The van der Waals surface area contributed by atoms with Gasteiger partial charge in [0.1, 0.15) is 5.58 Å². The van der Waals surface area contributed by atoms with E-state index in [1.165, 1.54) is 0 Å². The van der Waals surface area contributed by atoms with Gasteiger partial charge in [0.05, 0.1) is 11.3 Å². The van der Waals surface area contributed by atoms with E-state index in [9.17, 15) is 9.59 Å². The molecule has 168 valence electrons. The lowest BCUT2D eigenvalue weighted by molar-refractivity contribution is -0.131. The summed E-state index contributed by atoms with van der Waals surface area (Å²) in [5, 5.41) is 8.39. The van der Waals surface area contributed by atoms with Crippen LogP contribution in [0.3, 0.4) is 0 Å². The van der Waals surface area contributed by atoms with E-state index in [0.717, 1.165) is 47.9 Å². The van der Waals surface area contributed by atoms with Gasteiger partial charge in [0.25, 0.3) is 0 Å². The Morgan fingerprint density at radius 2 is 1.94 bits per heavy atom. The Morgan fingerprint density at radius 1 is 1.12 bits per heavy atom. The van der Waals surface area contributed by atoms with Crippen molar-refractivity contribution >= 4 is 28.5 Å².